The number of ether oxygens (including phenoxy) is 3. The molecule has 0 radical (unpaired) electrons. The van der Waals surface area contributed by atoms with Crippen molar-refractivity contribution in [2.75, 3.05) is 27.1 Å². The van der Waals surface area contributed by atoms with Gasteiger partial charge in [-0.25, -0.2) is 5.43 Å². The minimum atomic E-state index is -0.239. The van der Waals surface area contributed by atoms with E-state index in [1.165, 1.54) is 11.8 Å². The van der Waals surface area contributed by atoms with Gasteiger partial charge in [0.2, 0.25) is 0 Å². The van der Waals surface area contributed by atoms with E-state index in [9.17, 15) is 4.79 Å². The molecule has 3 aromatic rings. The molecule has 1 aromatic heterocycles. The molecule has 0 bridgehead atoms. The zero-order valence-electron chi connectivity index (χ0n) is 19.3. The topological polar surface area (TPSA) is 99.9 Å². The lowest BCUT2D eigenvalue weighted by molar-refractivity contribution is -0.118. The van der Waals surface area contributed by atoms with Gasteiger partial charge in [-0.15, -0.1) is 10.2 Å². The molecule has 0 unspecified atom stereocenters. The molecule has 174 valence electrons. The Kier molecular flexibility index (Phi) is 8.31. The van der Waals surface area contributed by atoms with Crippen molar-refractivity contribution in [1.29, 1.82) is 0 Å². The maximum absolute atomic E-state index is 12.4. The average molecular weight is 470 g/mol. The van der Waals surface area contributed by atoms with Crippen LogP contribution in [0.3, 0.4) is 0 Å². The number of methoxy groups -OCH3 is 3. The van der Waals surface area contributed by atoms with Gasteiger partial charge in [-0.3, -0.25) is 4.79 Å². The monoisotopic (exact) mass is 469 g/mol. The summed E-state index contributed by atoms with van der Waals surface area (Å²) in [5, 5.41) is 13.4. The Morgan fingerprint density at radius 2 is 1.76 bits per heavy atom. The molecular weight excluding hydrogens is 442 g/mol. The van der Waals surface area contributed by atoms with Crippen LogP contribution >= 0.6 is 11.8 Å². The van der Waals surface area contributed by atoms with E-state index in [4.69, 9.17) is 14.2 Å². The van der Waals surface area contributed by atoms with Crippen molar-refractivity contribution in [3.05, 3.63) is 48.0 Å². The fourth-order valence-corrected chi connectivity index (χ4v) is 3.86. The molecule has 33 heavy (non-hydrogen) atoms. The Morgan fingerprint density at radius 3 is 2.39 bits per heavy atom. The molecule has 1 amide bonds. The van der Waals surface area contributed by atoms with Gasteiger partial charge in [0.15, 0.2) is 22.5 Å². The highest BCUT2D eigenvalue weighted by atomic mass is 32.2. The molecule has 1 N–H and O–H groups in total. The van der Waals surface area contributed by atoms with E-state index in [1.807, 2.05) is 54.8 Å². The summed E-state index contributed by atoms with van der Waals surface area (Å²) in [4.78, 5) is 12.4. The number of rotatable bonds is 10. The summed E-state index contributed by atoms with van der Waals surface area (Å²) in [5.41, 5.74) is 4.98. The Balaban J connectivity index is 1.63. The molecule has 0 spiro atoms. The summed E-state index contributed by atoms with van der Waals surface area (Å²) in [7, 11) is 4.78. The van der Waals surface area contributed by atoms with Crippen LogP contribution in [0.25, 0.3) is 11.4 Å². The second-order valence-corrected chi connectivity index (χ2v) is 7.81. The molecule has 0 aliphatic carbocycles. The molecule has 9 nitrogen and oxygen atoms in total. The minimum Gasteiger partial charge on any atom is -0.497 e. The lowest BCUT2D eigenvalue weighted by Crippen LogP contribution is -2.21. The molecule has 0 fully saturated rings. The van der Waals surface area contributed by atoms with Crippen molar-refractivity contribution in [1.82, 2.24) is 20.2 Å². The van der Waals surface area contributed by atoms with Crippen molar-refractivity contribution in [2.45, 2.75) is 25.5 Å². The fraction of sp³-hybridized carbons (Fsp3) is 0.304. The van der Waals surface area contributed by atoms with Crippen LogP contribution in [0, 0.1) is 0 Å². The number of carbonyl (C=O) groups is 1. The summed E-state index contributed by atoms with van der Waals surface area (Å²) < 4.78 is 17.7. The lowest BCUT2D eigenvalue weighted by atomic mass is 10.1. The van der Waals surface area contributed by atoms with Gasteiger partial charge in [0.25, 0.3) is 5.91 Å². The second-order valence-electron chi connectivity index (χ2n) is 6.87. The Labute approximate surface area is 197 Å². The van der Waals surface area contributed by atoms with Gasteiger partial charge in [-0.2, -0.15) is 5.10 Å². The summed E-state index contributed by atoms with van der Waals surface area (Å²) in [6, 6.07) is 13.1. The van der Waals surface area contributed by atoms with Crippen molar-refractivity contribution in [2.24, 2.45) is 5.10 Å². The number of carbonyl (C=O) groups excluding carboxylic acids is 1. The Hall–Kier alpha value is -3.53. The SMILES string of the molecule is CCn1c(SCC(=O)N/N=C(\C)c2ccc(OC)c(OC)c2)nnc1-c1ccc(OC)cc1. The third kappa shape index (κ3) is 5.83. The highest BCUT2D eigenvalue weighted by Crippen LogP contribution is 2.28. The first-order valence-electron chi connectivity index (χ1n) is 10.3. The van der Waals surface area contributed by atoms with Crippen LogP contribution in [0.4, 0.5) is 0 Å². The van der Waals surface area contributed by atoms with E-state index in [-0.39, 0.29) is 11.7 Å². The number of thioether (sulfide) groups is 1. The molecule has 0 atom stereocenters. The first-order chi connectivity index (χ1) is 16.0. The van der Waals surface area contributed by atoms with E-state index in [2.05, 4.69) is 20.7 Å². The number of nitrogens with one attached hydrogen (secondary N) is 1. The lowest BCUT2D eigenvalue weighted by Gasteiger charge is -2.09. The number of benzene rings is 2. The van der Waals surface area contributed by atoms with Crippen molar-refractivity contribution in [3.8, 4) is 28.6 Å². The zero-order valence-corrected chi connectivity index (χ0v) is 20.1. The van der Waals surface area contributed by atoms with E-state index in [1.54, 1.807) is 27.4 Å². The van der Waals surface area contributed by atoms with Crippen LogP contribution < -0.4 is 19.6 Å². The van der Waals surface area contributed by atoms with Gasteiger partial charge in [-0.05, 0) is 56.3 Å². The van der Waals surface area contributed by atoms with E-state index in [0.29, 0.717) is 28.9 Å². The minimum absolute atomic E-state index is 0.156. The molecule has 3 rings (SSSR count). The smallest absolute Gasteiger partial charge is 0.250 e. The van der Waals surface area contributed by atoms with Crippen LogP contribution in [0.2, 0.25) is 0 Å². The van der Waals surface area contributed by atoms with Crippen LogP contribution in [0.5, 0.6) is 17.2 Å². The van der Waals surface area contributed by atoms with Crippen molar-refractivity contribution >= 4 is 23.4 Å². The Bertz CT molecular complexity index is 1130. The largest absolute Gasteiger partial charge is 0.497 e. The normalized spacial score (nSPS) is 11.2. The maximum Gasteiger partial charge on any atom is 0.250 e. The molecule has 1 heterocycles. The second kappa shape index (κ2) is 11.4. The molecule has 10 heteroatoms. The van der Waals surface area contributed by atoms with Crippen molar-refractivity contribution in [3.63, 3.8) is 0 Å². The van der Waals surface area contributed by atoms with E-state index in [0.717, 1.165) is 22.7 Å². The molecular formula is C23H27N5O4S. The molecule has 0 saturated carbocycles. The number of hydrazone groups is 1. The van der Waals surface area contributed by atoms with Crippen LogP contribution in [-0.2, 0) is 11.3 Å². The zero-order chi connectivity index (χ0) is 23.8. The summed E-state index contributed by atoms with van der Waals surface area (Å²) in [5.74, 6) is 2.66. The van der Waals surface area contributed by atoms with Crippen LogP contribution in [0.1, 0.15) is 19.4 Å². The number of hydrogen-bond donors (Lipinski definition) is 1. The van der Waals surface area contributed by atoms with Gasteiger partial charge in [0, 0.05) is 17.7 Å². The van der Waals surface area contributed by atoms with E-state index < -0.39 is 0 Å². The van der Waals surface area contributed by atoms with Crippen LogP contribution in [0.15, 0.2) is 52.7 Å². The summed E-state index contributed by atoms with van der Waals surface area (Å²) >= 11 is 1.31. The molecule has 0 aliphatic rings. The third-order valence-corrected chi connectivity index (χ3v) is 5.83. The van der Waals surface area contributed by atoms with Gasteiger partial charge in [0.1, 0.15) is 5.75 Å². The first kappa shape index (κ1) is 24.1. The van der Waals surface area contributed by atoms with E-state index >= 15 is 0 Å². The molecule has 0 aliphatic heterocycles. The average Bonchev–Trinajstić information content (AvgIpc) is 3.28. The highest BCUT2D eigenvalue weighted by molar-refractivity contribution is 7.99. The predicted molar refractivity (Wildman–Crippen MR) is 128 cm³/mol. The number of amides is 1. The Morgan fingerprint density at radius 1 is 1.03 bits per heavy atom. The fourth-order valence-electron chi connectivity index (χ4n) is 3.07. The van der Waals surface area contributed by atoms with Gasteiger partial charge in [0.05, 0.1) is 32.8 Å². The summed E-state index contributed by atoms with van der Waals surface area (Å²) in [6.07, 6.45) is 0. The first-order valence-corrected chi connectivity index (χ1v) is 11.2. The van der Waals surface area contributed by atoms with Gasteiger partial charge in [-0.1, -0.05) is 11.8 Å². The van der Waals surface area contributed by atoms with Gasteiger partial charge < -0.3 is 18.8 Å². The van der Waals surface area contributed by atoms with Crippen LogP contribution in [-0.4, -0.2) is 53.5 Å². The molecule has 2 aromatic carbocycles. The standard InChI is InChI=1S/C23H27N5O4S/c1-6-28-22(16-7-10-18(30-3)11-8-16)26-27-23(28)33-14-21(29)25-24-15(2)17-9-12-19(31-4)20(13-17)32-5/h7-13H,6,14H2,1-5H3,(H,25,29)/b24-15+. The predicted octanol–water partition coefficient (Wildman–Crippen LogP) is 3.62. The maximum atomic E-state index is 12.4. The summed E-state index contributed by atoms with van der Waals surface area (Å²) in [6.45, 7) is 4.50. The molecule has 0 saturated heterocycles. The number of hydrogen-bond acceptors (Lipinski definition) is 8. The number of aromatic nitrogens is 3. The third-order valence-electron chi connectivity index (χ3n) is 4.86. The van der Waals surface area contributed by atoms with Crippen molar-refractivity contribution < 1.29 is 19.0 Å². The highest BCUT2D eigenvalue weighted by Gasteiger charge is 2.15. The quantitative estimate of drug-likeness (QED) is 0.275. The number of nitrogens with zero attached hydrogens (tertiary/aromatic N) is 4. The van der Waals surface area contributed by atoms with Gasteiger partial charge >= 0.3 is 0 Å².